The molecule has 0 saturated heterocycles. The summed E-state index contributed by atoms with van der Waals surface area (Å²) in [5.41, 5.74) is 14.9. The van der Waals surface area contributed by atoms with Gasteiger partial charge in [0.25, 0.3) is 0 Å². The van der Waals surface area contributed by atoms with Crippen LogP contribution in [-0.2, 0) is 20.1 Å². The second-order valence-electron chi connectivity index (χ2n) is 13.1. The van der Waals surface area contributed by atoms with E-state index in [2.05, 4.69) is 132 Å². The van der Waals surface area contributed by atoms with E-state index in [9.17, 15) is 0 Å². The van der Waals surface area contributed by atoms with Crippen LogP contribution in [0.2, 0.25) is 0 Å². The fourth-order valence-electron chi connectivity index (χ4n) is 6.67. The van der Waals surface area contributed by atoms with Gasteiger partial charge in [0.05, 0.1) is 11.4 Å². The van der Waals surface area contributed by atoms with Crippen molar-refractivity contribution in [3.63, 3.8) is 0 Å². The molecule has 0 fully saturated rings. The number of fused-ring (bicyclic) bond motifs is 1. The standard InChI is InChI=1S/C38H26N3.C12H10N.Ir/c1-26-17-20-39-35(23-26)31-14-8-13-29(24-31)33-16-15-32(30-18-21-40-36(25-30)27-9-4-2-5-10-27)34-19-22-41-38(37(33)34)28-11-6-3-7-12-28;1-10-7-8-13-12(9-10)11-5-3-2-4-6-11;/h2-13,15-25H,1H3;2-5,7-9H,1H3;/q2*-1;. The Labute approximate surface area is 336 Å². The van der Waals surface area contributed by atoms with Gasteiger partial charge >= 0.3 is 0 Å². The third-order valence-corrected chi connectivity index (χ3v) is 9.32. The molecule has 267 valence electrons. The van der Waals surface area contributed by atoms with Crippen LogP contribution in [0.25, 0.3) is 78.1 Å². The summed E-state index contributed by atoms with van der Waals surface area (Å²) in [5.74, 6) is 0. The molecule has 4 aromatic heterocycles. The molecule has 0 spiro atoms. The SMILES string of the molecule is Cc1ccnc(-c2[c-]ccc(-c3ccc(-c4ccnc(-c5ccccc5)c4)c4ccnc(-c5ccccc5)c34)c2)c1.Cc1ccnc(-c2[c-]cccc2)c1.[Ir]. The fraction of sp³-hybridized carbons (Fsp3) is 0.0400. The van der Waals surface area contributed by atoms with Crippen molar-refractivity contribution in [3.8, 4) is 67.3 Å². The topological polar surface area (TPSA) is 51.6 Å². The van der Waals surface area contributed by atoms with Crippen molar-refractivity contribution < 1.29 is 20.1 Å². The Balaban J connectivity index is 0.000000281. The number of aromatic nitrogens is 4. The molecule has 5 aromatic carbocycles. The zero-order valence-electron chi connectivity index (χ0n) is 30.4. The minimum Gasteiger partial charge on any atom is -0.305 e. The third-order valence-electron chi connectivity index (χ3n) is 9.32. The summed E-state index contributed by atoms with van der Waals surface area (Å²) in [5, 5.41) is 2.26. The summed E-state index contributed by atoms with van der Waals surface area (Å²) < 4.78 is 0. The zero-order chi connectivity index (χ0) is 36.7. The molecule has 9 rings (SSSR count). The third kappa shape index (κ3) is 8.40. The predicted molar refractivity (Wildman–Crippen MR) is 221 cm³/mol. The van der Waals surface area contributed by atoms with Crippen LogP contribution in [-0.4, -0.2) is 19.9 Å². The molecule has 9 aromatic rings. The van der Waals surface area contributed by atoms with Crippen LogP contribution in [0, 0.1) is 26.0 Å². The van der Waals surface area contributed by atoms with Crippen molar-refractivity contribution in [2.24, 2.45) is 0 Å². The molecule has 55 heavy (non-hydrogen) atoms. The van der Waals surface area contributed by atoms with Crippen molar-refractivity contribution in [2.75, 3.05) is 0 Å². The number of pyridine rings is 4. The first-order valence-corrected chi connectivity index (χ1v) is 17.9. The van der Waals surface area contributed by atoms with Gasteiger partial charge in [-0.05, 0) is 77.6 Å². The van der Waals surface area contributed by atoms with Crippen molar-refractivity contribution >= 4 is 10.8 Å². The van der Waals surface area contributed by atoms with E-state index in [1.54, 1.807) is 0 Å². The Morgan fingerprint density at radius 1 is 0.400 bits per heavy atom. The quantitative estimate of drug-likeness (QED) is 0.156. The molecule has 0 saturated carbocycles. The number of hydrogen-bond donors (Lipinski definition) is 0. The molecule has 4 nitrogen and oxygen atoms in total. The number of hydrogen-bond acceptors (Lipinski definition) is 4. The van der Waals surface area contributed by atoms with Crippen LogP contribution < -0.4 is 0 Å². The molecule has 4 heterocycles. The molecule has 1 radical (unpaired) electrons. The molecular weight excluding hydrogens is 849 g/mol. The van der Waals surface area contributed by atoms with E-state index in [0.29, 0.717) is 0 Å². The molecule has 0 aliphatic rings. The van der Waals surface area contributed by atoms with Gasteiger partial charge in [-0.3, -0.25) is 9.97 Å². The monoisotopic (exact) mass is 885 g/mol. The summed E-state index contributed by atoms with van der Waals surface area (Å²) in [4.78, 5) is 18.5. The van der Waals surface area contributed by atoms with Gasteiger partial charge in [-0.25, -0.2) is 0 Å². The predicted octanol–water partition coefficient (Wildman–Crippen LogP) is 12.3. The first-order chi connectivity index (χ1) is 26.6. The van der Waals surface area contributed by atoms with Gasteiger partial charge in [0, 0.05) is 61.4 Å². The van der Waals surface area contributed by atoms with E-state index in [0.717, 1.165) is 78.1 Å². The first kappa shape index (κ1) is 36.9. The maximum absolute atomic E-state index is 4.92. The van der Waals surface area contributed by atoms with E-state index in [1.807, 2.05) is 91.5 Å². The van der Waals surface area contributed by atoms with E-state index < -0.39 is 0 Å². The Hall–Kier alpha value is -6.39. The minimum atomic E-state index is 0. The molecule has 0 aliphatic carbocycles. The normalized spacial score (nSPS) is 10.6. The van der Waals surface area contributed by atoms with E-state index >= 15 is 0 Å². The Bertz CT molecular complexity index is 2680. The van der Waals surface area contributed by atoms with Gasteiger partial charge in [0.1, 0.15) is 0 Å². The second-order valence-corrected chi connectivity index (χ2v) is 13.1. The van der Waals surface area contributed by atoms with Gasteiger partial charge in [0.2, 0.25) is 0 Å². The van der Waals surface area contributed by atoms with E-state index in [1.165, 1.54) is 11.1 Å². The van der Waals surface area contributed by atoms with Crippen LogP contribution in [0.5, 0.6) is 0 Å². The van der Waals surface area contributed by atoms with E-state index in [4.69, 9.17) is 4.98 Å². The average Bonchev–Trinajstić information content (AvgIpc) is 3.24. The fourth-order valence-corrected chi connectivity index (χ4v) is 6.67. The molecule has 0 aliphatic heterocycles. The molecule has 0 N–H and O–H groups in total. The molecule has 0 amide bonds. The Morgan fingerprint density at radius 2 is 0.982 bits per heavy atom. The summed E-state index contributed by atoms with van der Waals surface area (Å²) >= 11 is 0. The smallest absolute Gasteiger partial charge is 0.0786 e. The Morgan fingerprint density at radius 3 is 1.67 bits per heavy atom. The zero-order valence-corrected chi connectivity index (χ0v) is 32.8. The molecular formula is C50H36IrN4-2. The van der Waals surface area contributed by atoms with E-state index in [-0.39, 0.29) is 20.1 Å². The second kappa shape index (κ2) is 17.2. The largest absolute Gasteiger partial charge is 0.305 e. The summed E-state index contributed by atoms with van der Waals surface area (Å²) in [6, 6.07) is 60.4. The van der Waals surface area contributed by atoms with Gasteiger partial charge in [-0.2, -0.15) is 0 Å². The van der Waals surface area contributed by atoms with Crippen molar-refractivity contribution in [1.82, 2.24) is 19.9 Å². The average molecular weight is 885 g/mol. The maximum Gasteiger partial charge on any atom is 0.0786 e. The van der Waals surface area contributed by atoms with Crippen LogP contribution in [0.1, 0.15) is 11.1 Å². The molecule has 0 atom stereocenters. The van der Waals surface area contributed by atoms with Crippen LogP contribution in [0.3, 0.4) is 0 Å². The molecule has 5 heteroatoms. The van der Waals surface area contributed by atoms with Crippen LogP contribution in [0.4, 0.5) is 0 Å². The van der Waals surface area contributed by atoms with Crippen molar-refractivity contribution in [3.05, 3.63) is 206 Å². The number of rotatable bonds is 6. The van der Waals surface area contributed by atoms with Crippen molar-refractivity contribution in [1.29, 1.82) is 0 Å². The Kier molecular flexibility index (Phi) is 11.5. The summed E-state index contributed by atoms with van der Waals surface area (Å²) in [6.07, 6.45) is 7.49. The van der Waals surface area contributed by atoms with Gasteiger partial charge < -0.3 is 9.97 Å². The van der Waals surface area contributed by atoms with Crippen molar-refractivity contribution in [2.45, 2.75) is 13.8 Å². The van der Waals surface area contributed by atoms with Crippen LogP contribution in [0.15, 0.2) is 183 Å². The summed E-state index contributed by atoms with van der Waals surface area (Å²) in [6.45, 7) is 4.15. The van der Waals surface area contributed by atoms with Gasteiger partial charge in [0.15, 0.2) is 0 Å². The first-order valence-electron chi connectivity index (χ1n) is 17.9. The van der Waals surface area contributed by atoms with Gasteiger partial charge in [-0.1, -0.05) is 96.1 Å². The van der Waals surface area contributed by atoms with Crippen LogP contribution >= 0.6 is 0 Å². The molecule has 0 unspecified atom stereocenters. The number of nitrogens with zero attached hydrogens (tertiary/aromatic N) is 4. The maximum atomic E-state index is 4.92. The number of benzene rings is 5. The molecule has 0 bridgehead atoms. The van der Waals surface area contributed by atoms with Gasteiger partial charge in [-0.15, -0.1) is 71.3 Å². The number of aryl methyl sites for hydroxylation is 2. The summed E-state index contributed by atoms with van der Waals surface area (Å²) in [7, 11) is 0. The minimum absolute atomic E-state index is 0.